The van der Waals surface area contributed by atoms with Crippen molar-refractivity contribution in [1.82, 2.24) is 14.6 Å². The minimum Gasteiger partial charge on any atom is -0.325 e. The molecule has 2 N–H and O–H groups in total. The van der Waals surface area contributed by atoms with Gasteiger partial charge in [0, 0.05) is 31.7 Å². The molecule has 2 rings (SSSR count). The largest absolute Gasteiger partial charge is 0.325 e. The topological polar surface area (TPSA) is 91.4 Å². The van der Waals surface area contributed by atoms with E-state index in [1.165, 1.54) is 31.6 Å². The van der Waals surface area contributed by atoms with Crippen LogP contribution in [0.4, 0.5) is 5.69 Å². The lowest BCUT2D eigenvalue weighted by Crippen LogP contribution is -2.35. The zero-order valence-electron chi connectivity index (χ0n) is 14.3. The second-order valence-corrected chi connectivity index (χ2v) is 7.52. The first-order valence-corrected chi connectivity index (χ1v) is 9.33. The lowest BCUT2D eigenvalue weighted by Gasteiger charge is -2.16. The van der Waals surface area contributed by atoms with Gasteiger partial charge in [0.25, 0.3) is 0 Å². The molecule has 0 atom stereocenters. The van der Waals surface area contributed by atoms with Crippen LogP contribution >= 0.6 is 0 Å². The Morgan fingerprint density at radius 2 is 2.04 bits per heavy atom. The Morgan fingerprint density at radius 1 is 1.24 bits per heavy atom. The number of rotatable bonds is 8. The Kier molecular flexibility index (Phi) is 6.63. The number of anilines is 1. The molecule has 7 nitrogen and oxygen atoms in total. The molecule has 1 aromatic carbocycles. The molecule has 0 saturated heterocycles. The van der Waals surface area contributed by atoms with E-state index in [0.717, 1.165) is 16.4 Å². The highest BCUT2D eigenvalue weighted by Crippen LogP contribution is 2.13. The Morgan fingerprint density at radius 3 is 2.72 bits per heavy atom. The monoisotopic (exact) mass is 362 g/mol. The van der Waals surface area contributed by atoms with Crippen LogP contribution in [0.15, 0.2) is 53.7 Å². The van der Waals surface area contributed by atoms with Crippen molar-refractivity contribution >= 4 is 21.6 Å². The van der Waals surface area contributed by atoms with Gasteiger partial charge in [-0.15, -0.1) is 0 Å². The highest BCUT2D eigenvalue weighted by molar-refractivity contribution is 7.89. The van der Waals surface area contributed by atoms with Crippen molar-refractivity contribution in [2.24, 2.45) is 0 Å². The molecule has 1 aromatic heterocycles. The predicted octanol–water partition coefficient (Wildman–Crippen LogP) is 1.45. The summed E-state index contributed by atoms with van der Waals surface area (Å²) in [6.45, 7) is 3.29. The van der Waals surface area contributed by atoms with Crippen LogP contribution in [0, 0.1) is 0 Å². The molecule has 0 aliphatic heterocycles. The van der Waals surface area contributed by atoms with E-state index in [1.807, 2.05) is 25.1 Å². The van der Waals surface area contributed by atoms with Gasteiger partial charge in [-0.2, -0.15) is 4.31 Å². The Labute approximate surface area is 148 Å². The van der Waals surface area contributed by atoms with Gasteiger partial charge in [0.15, 0.2) is 0 Å². The number of benzene rings is 1. The van der Waals surface area contributed by atoms with Crippen molar-refractivity contribution in [2.75, 3.05) is 25.5 Å². The number of sulfonamides is 1. The van der Waals surface area contributed by atoms with Crippen molar-refractivity contribution in [1.29, 1.82) is 0 Å². The summed E-state index contributed by atoms with van der Waals surface area (Å²) in [4.78, 5) is 16.0. The van der Waals surface area contributed by atoms with E-state index in [0.29, 0.717) is 12.2 Å². The number of amides is 1. The first kappa shape index (κ1) is 19.0. The fourth-order valence-corrected chi connectivity index (χ4v) is 3.29. The highest BCUT2D eigenvalue weighted by atomic mass is 32.2. The van der Waals surface area contributed by atoms with E-state index in [9.17, 15) is 13.2 Å². The first-order valence-electron chi connectivity index (χ1n) is 7.89. The number of likely N-dealkylation sites (N-methyl/N-ethyl adjacent to an activating group) is 1. The number of nitrogens with one attached hydrogen (secondary N) is 2. The molecule has 1 heterocycles. The van der Waals surface area contributed by atoms with Crippen molar-refractivity contribution in [3.63, 3.8) is 0 Å². The van der Waals surface area contributed by atoms with Gasteiger partial charge in [-0.1, -0.05) is 19.1 Å². The first-order chi connectivity index (χ1) is 11.9. The summed E-state index contributed by atoms with van der Waals surface area (Å²) in [5.41, 5.74) is 1.67. The standard InChI is InChI=1S/C17H22N4O3S/c1-3-18-11-14-6-4-7-15(10-14)20-17(22)13-21(2)25(23,24)16-8-5-9-19-12-16/h4-10,12,18H,3,11,13H2,1-2H3,(H,20,22). The number of carbonyl (C=O) groups excluding carboxylic acids is 1. The second kappa shape index (κ2) is 8.70. The molecule has 8 heteroatoms. The summed E-state index contributed by atoms with van der Waals surface area (Å²) >= 11 is 0. The number of aromatic nitrogens is 1. The fraction of sp³-hybridized carbons (Fsp3) is 0.294. The molecule has 0 aliphatic rings. The molecule has 0 fully saturated rings. The molecule has 0 unspecified atom stereocenters. The molecule has 1 amide bonds. The van der Waals surface area contributed by atoms with Gasteiger partial charge in [-0.3, -0.25) is 9.78 Å². The van der Waals surface area contributed by atoms with Crippen LogP contribution in [-0.2, 0) is 21.4 Å². The van der Waals surface area contributed by atoms with Crippen LogP contribution < -0.4 is 10.6 Å². The van der Waals surface area contributed by atoms with Gasteiger partial charge in [-0.05, 0) is 36.4 Å². The third-order valence-electron chi connectivity index (χ3n) is 3.50. The van der Waals surface area contributed by atoms with Crippen LogP contribution in [0.2, 0.25) is 0 Å². The smallest absolute Gasteiger partial charge is 0.244 e. The minimum atomic E-state index is -3.75. The SMILES string of the molecule is CCNCc1cccc(NC(=O)CN(C)S(=O)(=O)c2cccnc2)c1. The second-order valence-electron chi connectivity index (χ2n) is 5.48. The maximum Gasteiger partial charge on any atom is 0.244 e. The number of hydrogen-bond donors (Lipinski definition) is 2. The normalized spacial score (nSPS) is 11.5. The van der Waals surface area contributed by atoms with E-state index in [1.54, 1.807) is 6.07 Å². The molecule has 0 spiro atoms. The zero-order chi connectivity index (χ0) is 18.3. The van der Waals surface area contributed by atoms with Crippen LogP contribution in [0.1, 0.15) is 12.5 Å². The third kappa shape index (κ3) is 5.35. The summed E-state index contributed by atoms with van der Waals surface area (Å²) in [5.74, 6) is -0.407. The summed E-state index contributed by atoms with van der Waals surface area (Å²) in [6.07, 6.45) is 2.75. The van der Waals surface area contributed by atoms with Crippen LogP contribution in [0.25, 0.3) is 0 Å². The number of hydrogen-bond acceptors (Lipinski definition) is 5. The van der Waals surface area contributed by atoms with E-state index in [-0.39, 0.29) is 11.4 Å². The zero-order valence-corrected chi connectivity index (χ0v) is 15.1. The van der Waals surface area contributed by atoms with Gasteiger partial charge in [0.05, 0.1) is 6.54 Å². The quantitative estimate of drug-likeness (QED) is 0.742. The highest BCUT2D eigenvalue weighted by Gasteiger charge is 2.23. The van der Waals surface area contributed by atoms with Crippen LogP contribution in [0.3, 0.4) is 0 Å². The molecule has 0 bridgehead atoms. The molecule has 0 radical (unpaired) electrons. The van der Waals surface area contributed by atoms with Gasteiger partial charge in [0.2, 0.25) is 15.9 Å². The van der Waals surface area contributed by atoms with Gasteiger partial charge in [0.1, 0.15) is 4.90 Å². The molecule has 0 saturated carbocycles. The van der Waals surface area contributed by atoms with Crippen LogP contribution in [0.5, 0.6) is 0 Å². The maximum atomic E-state index is 12.4. The van der Waals surface area contributed by atoms with E-state index in [4.69, 9.17) is 0 Å². The number of carbonyl (C=O) groups is 1. The minimum absolute atomic E-state index is 0.0536. The Balaban J connectivity index is 2.00. The molecule has 2 aromatic rings. The lowest BCUT2D eigenvalue weighted by atomic mass is 10.2. The molecular formula is C17H22N4O3S. The molecule has 25 heavy (non-hydrogen) atoms. The summed E-state index contributed by atoms with van der Waals surface area (Å²) in [6, 6.07) is 10.4. The third-order valence-corrected chi connectivity index (χ3v) is 5.29. The van der Waals surface area contributed by atoms with Crippen molar-refractivity contribution in [2.45, 2.75) is 18.4 Å². The molecule has 0 aliphatic carbocycles. The Bertz CT molecular complexity index is 810. The average molecular weight is 362 g/mol. The van der Waals surface area contributed by atoms with Gasteiger partial charge in [-0.25, -0.2) is 8.42 Å². The van der Waals surface area contributed by atoms with Crippen molar-refractivity contribution in [3.05, 3.63) is 54.4 Å². The van der Waals surface area contributed by atoms with E-state index >= 15 is 0 Å². The summed E-state index contributed by atoms with van der Waals surface area (Å²) in [7, 11) is -2.38. The van der Waals surface area contributed by atoms with Crippen LogP contribution in [-0.4, -0.2) is 43.8 Å². The molecule has 134 valence electrons. The average Bonchev–Trinajstić information content (AvgIpc) is 2.60. The predicted molar refractivity (Wildman–Crippen MR) is 96.5 cm³/mol. The Hall–Kier alpha value is -2.29. The summed E-state index contributed by atoms with van der Waals surface area (Å²) < 4.78 is 25.8. The number of nitrogens with zero attached hydrogens (tertiary/aromatic N) is 2. The van der Waals surface area contributed by atoms with Gasteiger partial charge >= 0.3 is 0 Å². The van der Waals surface area contributed by atoms with Crippen molar-refractivity contribution < 1.29 is 13.2 Å². The van der Waals surface area contributed by atoms with Gasteiger partial charge < -0.3 is 10.6 Å². The van der Waals surface area contributed by atoms with E-state index < -0.39 is 15.9 Å². The molecular weight excluding hydrogens is 340 g/mol. The number of pyridine rings is 1. The van der Waals surface area contributed by atoms with Crippen molar-refractivity contribution in [3.8, 4) is 0 Å². The summed E-state index contributed by atoms with van der Waals surface area (Å²) in [5, 5.41) is 5.93. The van der Waals surface area contributed by atoms with E-state index in [2.05, 4.69) is 15.6 Å². The fourth-order valence-electron chi connectivity index (χ4n) is 2.20. The lowest BCUT2D eigenvalue weighted by molar-refractivity contribution is -0.116. The maximum absolute atomic E-state index is 12.4.